The molecule has 0 saturated carbocycles. The second-order valence-electron chi connectivity index (χ2n) is 5.53. The summed E-state index contributed by atoms with van der Waals surface area (Å²) < 4.78 is 0. The predicted molar refractivity (Wildman–Crippen MR) is 60.7 cm³/mol. The van der Waals surface area contributed by atoms with Crippen molar-refractivity contribution < 1.29 is 9.90 Å². The molecule has 2 N–H and O–H groups in total. The molecule has 0 aliphatic carbocycles. The zero-order chi connectivity index (χ0) is 12.6. The van der Waals surface area contributed by atoms with Crippen molar-refractivity contribution in [1.29, 1.82) is 5.26 Å². The minimum absolute atomic E-state index is 0.182. The van der Waals surface area contributed by atoms with Crippen molar-refractivity contribution >= 4 is 5.97 Å². The third kappa shape index (κ3) is 2.83. The third-order valence-electron chi connectivity index (χ3n) is 2.60. The molecule has 0 saturated heterocycles. The summed E-state index contributed by atoms with van der Waals surface area (Å²) in [5.74, 6) is -2.09. The van der Waals surface area contributed by atoms with E-state index in [4.69, 9.17) is 10.4 Å². The highest BCUT2D eigenvalue weighted by Gasteiger charge is 2.36. The van der Waals surface area contributed by atoms with E-state index in [0.717, 1.165) is 0 Å². The summed E-state index contributed by atoms with van der Waals surface area (Å²) in [7, 11) is 0. The van der Waals surface area contributed by atoms with Gasteiger partial charge in [-0.3, -0.25) is 4.79 Å². The highest BCUT2D eigenvalue weighted by molar-refractivity contribution is 5.77. The van der Waals surface area contributed by atoms with Gasteiger partial charge >= 0.3 is 5.97 Å². The van der Waals surface area contributed by atoms with Crippen LogP contribution in [0.2, 0.25) is 0 Å². The number of nitriles is 1. The van der Waals surface area contributed by atoms with Gasteiger partial charge in [-0.25, -0.2) is 0 Å². The molecule has 4 heteroatoms. The molecule has 0 aromatic carbocycles. The Balaban J connectivity index is 3.09. The van der Waals surface area contributed by atoms with E-state index < -0.39 is 11.9 Å². The first kappa shape index (κ1) is 12.7. The summed E-state index contributed by atoms with van der Waals surface area (Å²) in [6.07, 6.45) is 2.45. The standard InChI is InChI=1S/C12H18N2O2/c1-11(2)5-8(6-12(3,4)14-11)9(7-13)10(15)16/h5,9,14H,6H2,1-4H3,(H,15,16)/t9-/m0/s1. The molecule has 0 spiro atoms. The molecule has 0 aromatic heterocycles. The predicted octanol–water partition coefficient (Wildman–Crippen LogP) is 1.69. The number of aliphatic carboxylic acids is 1. The quantitative estimate of drug-likeness (QED) is 0.697. The van der Waals surface area contributed by atoms with Crippen LogP contribution in [0.25, 0.3) is 0 Å². The van der Waals surface area contributed by atoms with Crippen LogP contribution in [0.1, 0.15) is 34.1 Å². The van der Waals surface area contributed by atoms with Crippen LogP contribution >= 0.6 is 0 Å². The Labute approximate surface area is 96.0 Å². The maximum Gasteiger partial charge on any atom is 0.325 e. The van der Waals surface area contributed by atoms with Crippen molar-refractivity contribution in [3.8, 4) is 6.07 Å². The molecule has 16 heavy (non-hydrogen) atoms. The Hall–Kier alpha value is -1.34. The van der Waals surface area contributed by atoms with Crippen LogP contribution < -0.4 is 5.32 Å². The van der Waals surface area contributed by atoms with E-state index in [-0.39, 0.29) is 11.1 Å². The Morgan fingerprint density at radius 2 is 2.12 bits per heavy atom. The van der Waals surface area contributed by atoms with Crippen molar-refractivity contribution in [1.82, 2.24) is 5.32 Å². The lowest BCUT2D eigenvalue weighted by Crippen LogP contribution is -2.54. The van der Waals surface area contributed by atoms with Crippen LogP contribution in [0, 0.1) is 17.2 Å². The fraction of sp³-hybridized carbons (Fsp3) is 0.667. The van der Waals surface area contributed by atoms with Crippen LogP contribution in [0.15, 0.2) is 11.6 Å². The van der Waals surface area contributed by atoms with Gasteiger partial charge in [0.2, 0.25) is 0 Å². The van der Waals surface area contributed by atoms with Crippen LogP contribution in [-0.4, -0.2) is 22.2 Å². The number of hydrogen-bond donors (Lipinski definition) is 2. The molecule has 0 bridgehead atoms. The largest absolute Gasteiger partial charge is 0.480 e. The van der Waals surface area contributed by atoms with Crippen LogP contribution in [-0.2, 0) is 4.79 Å². The van der Waals surface area contributed by atoms with E-state index in [1.165, 1.54) is 0 Å². The van der Waals surface area contributed by atoms with Gasteiger partial charge in [0.05, 0.1) is 6.07 Å². The minimum atomic E-state index is -1.07. The Bertz CT molecular complexity index is 375. The number of carboxylic acid groups (broad SMARTS) is 1. The molecule has 88 valence electrons. The first-order valence-electron chi connectivity index (χ1n) is 5.30. The smallest absolute Gasteiger partial charge is 0.325 e. The van der Waals surface area contributed by atoms with Crippen LogP contribution in [0.3, 0.4) is 0 Å². The first-order valence-corrected chi connectivity index (χ1v) is 5.30. The Kier molecular flexibility index (Phi) is 3.11. The van der Waals surface area contributed by atoms with Gasteiger partial charge in [-0.05, 0) is 39.7 Å². The molecule has 1 rings (SSSR count). The zero-order valence-electron chi connectivity index (χ0n) is 10.2. The third-order valence-corrected chi connectivity index (χ3v) is 2.60. The monoisotopic (exact) mass is 222 g/mol. The molecule has 0 unspecified atom stereocenters. The number of carbonyl (C=O) groups is 1. The molecule has 1 atom stereocenters. The van der Waals surface area contributed by atoms with Gasteiger partial charge in [-0.2, -0.15) is 5.26 Å². The summed E-state index contributed by atoms with van der Waals surface area (Å²) in [5.41, 5.74) is 0.239. The minimum Gasteiger partial charge on any atom is -0.480 e. The summed E-state index contributed by atoms with van der Waals surface area (Å²) in [5, 5.41) is 21.3. The fourth-order valence-electron chi connectivity index (χ4n) is 2.46. The average molecular weight is 222 g/mol. The summed E-state index contributed by atoms with van der Waals surface area (Å²) in [6.45, 7) is 7.98. The number of nitrogens with zero attached hydrogens (tertiary/aromatic N) is 1. The molecule has 1 aliphatic heterocycles. The number of rotatable bonds is 2. The van der Waals surface area contributed by atoms with E-state index in [1.54, 1.807) is 0 Å². The topological polar surface area (TPSA) is 73.1 Å². The molecule has 0 fully saturated rings. The van der Waals surface area contributed by atoms with Crippen molar-refractivity contribution in [3.05, 3.63) is 11.6 Å². The van der Waals surface area contributed by atoms with Crippen molar-refractivity contribution in [3.63, 3.8) is 0 Å². The van der Waals surface area contributed by atoms with Gasteiger partial charge < -0.3 is 10.4 Å². The molecule has 0 aromatic rings. The zero-order valence-corrected chi connectivity index (χ0v) is 10.2. The highest BCUT2D eigenvalue weighted by Crippen LogP contribution is 2.31. The van der Waals surface area contributed by atoms with Crippen LogP contribution in [0.5, 0.6) is 0 Å². The van der Waals surface area contributed by atoms with Gasteiger partial charge in [0, 0.05) is 11.1 Å². The van der Waals surface area contributed by atoms with Gasteiger partial charge in [0.15, 0.2) is 5.92 Å². The van der Waals surface area contributed by atoms with Gasteiger partial charge in [0.25, 0.3) is 0 Å². The maximum atomic E-state index is 11.0. The Morgan fingerprint density at radius 1 is 1.56 bits per heavy atom. The van der Waals surface area contributed by atoms with Gasteiger partial charge in [0.1, 0.15) is 0 Å². The van der Waals surface area contributed by atoms with E-state index in [1.807, 2.05) is 39.8 Å². The van der Waals surface area contributed by atoms with E-state index in [0.29, 0.717) is 12.0 Å². The average Bonchev–Trinajstić information content (AvgIpc) is 1.97. The highest BCUT2D eigenvalue weighted by atomic mass is 16.4. The van der Waals surface area contributed by atoms with E-state index >= 15 is 0 Å². The molecular formula is C12H18N2O2. The summed E-state index contributed by atoms with van der Waals surface area (Å²) >= 11 is 0. The molecule has 0 amide bonds. The fourth-order valence-corrected chi connectivity index (χ4v) is 2.46. The SMILES string of the molecule is CC1(C)C=C([C@H](C#N)C(=O)O)CC(C)(C)N1. The number of carboxylic acids is 1. The van der Waals surface area contributed by atoms with E-state index in [2.05, 4.69) is 5.32 Å². The second-order valence-corrected chi connectivity index (χ2v) is 5.53. The molecule has 1 heterocycles. The lowest BCUT2D eigenvalue weighted by Gasteiger charge is -2.41. The normalized spacial score (nSPS) is 24.1. The Morgan fingerprint density at radius 3 is 2.50 bits per heavy atom. The first-order chi connectivity index (χ1) is 7.17. The lowest BCUT2D eigenvalue weighted by molar-refractivity contribution is -0.138. The van der Waals surface area contributed by atoms with E-state index in [9.17, 15) is 4.79 Å². The maximum absolute atomic E-state index is 11.0. The molecular weight excluding hydrogens is 204 g/mol. The summed E-state index contributed by atoms with van der Waals surface area (Å²) in [6, 6.07) is 1.85. The summed E-state index contributed by atoms with van der Waals surface area (Å²) in [4.78, 5) is 11.0. The number of hydrogen-bond acceptors (Lipinski definition) is 3. The number of nitrogens with one attached hydrogen (secondary N) is 1. The van der Waals surface area contributed by atoms with Crippen LogP contribution in [0.4, 0.5) is 0 Å². The van der Waals surface area contributed by atoms with Gasteiger partial charge in [-0.15, -0.1) is 0 Å². The van der Waals surface area contributed by atoms with Gasteiger partial charge in [-0.1, -0.05) is 6.08 Å². The lowest BCUT2D eigenvalue weighted by atomic mass is 9.79. The molecule has 4 nitrogen and oxygen atoms in total. The molecule has 1 aliphatic rings. The van der Waals surface area contributed by atoms with Crippen molar-refractivity contribution in [2.75, 3.05) is 0 Å². The molecule has 0 radical (unpaired) electrons. The van der Waals surface area contributed by atoms with Crippen molar-refractivity contribution in [2.24, 2.45) is 5.92 Å². The second kappa shape index (κ2) is 3.91. The van der Waals surface area contributed by atoms with Crippen molar-refractivity contribution in [2.45, 2.75) is 45.2 Å².